The van der Waals surface area contributed by atoms with E-state index in [1.54, 1.807) is 10.9 Å². The lowest BCUT2D eigenvalue weighted by Gasteiger charge is -1.98. The highest BCUT2D eigenvalue weighted by Gasteiger charge is 2.10. The average molecular weight is 227 g/mol. The Morgan fingerprint density at radius 3 is 3.00 bits per heavy atom. The van der Waals surface area contributed by atoms with Gasteiger partial charge in [0.25, 0.3) is 5.70 Å². The van der Waals surface area contributed by atoms with Crippen molar-refractivity contribution < 1.29 is 9.53 Å². The van der Waals surface area contributed by atoms with E-state index in [4.69, 9.17) is 6.57 Å². The standard InChI is InChI=1S/C12H9N3O2/c1-13-10(12(16)17-2)7-15-8-14-9-5-3-4-6-11(9)15/h3-8H,2H3/b10-7+. The van der Waals surface area contributed by atoms with Gasteiger partial charge in [0.05, 0.1) is 31.0 Å². The molecule has 2 rings (SSSR count). The molecule has 0 N–H and O–H groups in total. The van der Waals surface area contributed by atoms with Gasteiger partial charge in [0.15, 0.2) is 0 Å². The Bertz CT molecular complexity index is 634. The molecule has 0 unspecified atom stereocenters. The van der Waals surface area contributed by atoms with Crippen molar-refractivity contribution in [1.29, 1.82) is 0 Å². The molecule has 5 heteroatoms. The van der Waals surface area contributed by atoms with E-state index in [0.29, 0.717) is 0 Å². The first-order chi connectivity index (χ1) is 8.26. The number of fused-ring (bicyclic) bond motifs is 1. The van der Waals surface area contributed by atoms with E-state index in [2.05, 4.69) is 14.6 Å². The van der Waals surface area contributed by atoms with Gasteiger partial charge >= 0.3 is 5.97 Å². The zero-order valence-electron chi connectivity index (χ0n) is 9.12. The predicted octanol–water partition coefficient (Wildman–Crippen LogP) is 1.93. The van der Waals surface area contributed by atoms with E-state index >= 15 is 0 Å². The minimum Gasteiger partial charge on any atom is -0.474 e. The maximum absolute atomic E-state index is 11.3. The summed E-state index contributed by atoms with van der Waals surface area (Å²) in [4.78, 5) is 18.6. The molecule has 0 aliphatic heterocycles. The van der Waals surface area contributed by atoms with Gasteiger partial charge in [-0.05, 0) is 12.1 Å². The number of hydrogen-bond acceptors (Lipinski definition) is 3. The Kier molecular flexibility index (Phi) is 2.88. The summed E-state index contributed by atoms with van der Waals surface area (Å²) in [5, 5.41) is 0. The van der Waals surface area contributed by atoms with Crippen LogP contribution in [-0.2, 0) is 9.53 Å². The molecular weight excluding hydrogens is 218 g/mol. The highest BCUT2D eigenvalue weighted by atomic mass is 16.5. The van der Waals surface area contributed by atoms with Gasteiger partial charge in [-0.3, -0.25) is 4.79 Å². The summed E-state index contributed by atoms with van der Waals surface area (Å²) in [6.45, 7) is 6.93. The van der Waals surface area contributed by atoms with Crippen molar-refractivity contribution in [2.24, 2.45) is 0 Å². The van der Waals surface area contributed by atoms with Crippen molar-refractivity contribution in [2.75, 3.05) is 7.11 Å². The quantitative estimate of drug-likeness (QED) is 0.447. The van der Waals surface area contributed by atoms with Crippen LogP contribution in [0.15, 0.2) is 36.3 Å². The number of imidazole rings is 1. The van der Waals surface area contributed by atoms with E-state index < -0.39 is 5.97 Å². The first kappa shape index (κ1) is 10.9. The summed E-state index contributed by atoms with van der Waals surface area (Å²) in [5.41, 5.74) is 1.55. The zero-order valence-corrected chi connectivity index (χ0v) is 9.12. The molecule has 0 fully saturated rings. The maximum Gasteiger partial charge on any atom is 0.337 e. The molecule has 1 heterocycles. The number of rotatable bonds is 2. The zero-order chi connectivity index (χ0) is 12.3. The average Bonchev–Trinajstić information content (AvgIpc) is 2.78. The van der Waals surface area contributed by atoms with Gasteiger partial charge in [0, 0.05) is 6.20 Å². The van der Waals surface area contributed by atoms with Crippen molar-refractivity contribution in [3.05, 3.63) is 47.7 Å². The second-order valence-corrected chi connectivity index (χ2v) is 3.26. The van der Waals surface area contributed by atoms with Crippen LogP contribution in [0.3, 0.4) is 0 Å². The number of para-hydroxylation sites is 2. The van der Waals surface area contributed by atoms with Gasteiger partial charge in [-0.25, -0.2) is 9.83 Å². The number of benzene rings is 1. The smallest absolute Gasteiger partial charge is 0.337 e. The Hall–Kier alpha value is -2.61. The second kappa shape index (κ2) is 4.49. The number of hydrogen-bond donors (Lipinski definition) is 0. The van der Waals surface area contributed by atoms with Gasteiger partial charge in [0.1, 0.15) is 0 Å². The number of carbonyl (C=O) groups excluding carboxylic acids is 1. The lowest BCUT2D eigenvalue weighted by Crippen LogP contribution is -2.02. The topological polar surface area (TPSA) is 48.5 Å². The van der Waals surface area contributed by atoms with Crippen LogP contribution in [0.25, 0.3) is 22.1 Å². The van der Waals surface area contributed by atoms with Crippen LogP contribution >= 0.6 is 0 Å². The van der Waals surface area contributed by atoms with Crippen molar-refractivity contribution in [3.8, 4) is 0 Å². The summed E-state index contributed by atoms with van der Waals surface area (Å²) in [6, 6.07) is 7.45. The number of methoxy groups -OCH3 is 1. The lowest BCUT2D eigenvalue weighted by atomic mass is 10.3. The Morgan fingerprint density at radius 1 is 1.53 bits per heavy atom. The second-order valence-electron chi connectivity index (χ2n) is 3.26. The third kappa shape index (κ3) is 2.01. The van der Waals surface area contributed by atoms with Crippen LogP contribution in [0.2, 0.25) is 0 Å². The van der Waals surface area contributed by atoms with Gasteiger partial charge in [-0.15, -0.1) is 0 Å². The fraction of sp³-hybridized carbons (Fsp3) is 0.0833. The van der Waals surface area contributed by atoms with E-state index in [-0.39, 0.29) is 5.70 Å². The van der Waals surface area contributed by atoms with Crippen molar-refractivity contribution in [3.63, 3.8) is 0 Å². The molecule has 0 spiro atoms. The first-order valence-corrected chi connectivity index (χ1v) is 4.85. The molecule has 5 nitrogen and oxygen atoms in total. The van der Waals surface area contributed by atoms with E-state index in [0.717, 1.165) is 11.0 Å². The summed E-state index contributed by atoms with van der Waals surface area (Å²) in [7, 11) is 1.24. The van der Waals surface area contributed by atoms with Crippen LogP contribution in [0.1, 0.15) is 0 Å². The molecule has 84 valence electrons. The molecule has 0 saturated carbocycles. The number of carbonyl (C=O) groups is 1. The molecule has 0 radical (unpaired) electrons. The number of aromatic nitrogens is 2. The fourth-order valence-corrected chi connectivity index (χ4v) is 1.44. The molecule has 0 atom stereocenters. The van der Waals surface area contributed by atoms with Gasteiger partial charge < -0.3 is 9.30 Å². The molecule has 1 aromatic heterocycles. The van der Waals surface area contributed by atoms with E-state index in [1.807, 2.05) is 24.3 Å². The number of esters is 1. The van der Waals surface area contributed by atoms with Crippen molar-refractivity contribution >= 4 is 23.2 Å². The number of ether oxygens (including phenoxy) is 1. The van der Waals surface area contributed by atoms with Crippen molar-refractivity contribution in [2.45, 2.75) is 0 Å². The molecule has 0 aliphatic rings. The molecule has 0 aliphatic carbocycles. The third-order valence-electron chi connectivity index (χ3n) is 2.26. The van der Waals surface area contributed by atoms with Crippen LogP contribution in [0.5, 0.6) is 0 Å². The summed E-state index contributed by atoms with van der Waals surface area (Å²) in [5.74, 6) is -0.655. The van der Waals surface area contributed by atoms with E-state index in [9.17, 15) is 4.79 Å². The Balaban J connectivity index is 2.51. The first-order valence-electron chi connectivity index (χ1n) is 4.85. The SMILES string of the molecule is [C-]#[N+]/C(=C/n1cnc2ccccc21)C(=O)OC. The minimum atomic E-state index is -0.655. The molecule has 0 amide bonds. The third-order valence-corrected chi connectivity index (χ3v) is 2.26. The Morgan fingerprint density at radius 2 is 2.29 bits per heavy atom. The lowest BCUT2D eigenvalue weighted by molar-refractivity contribution is -0.135. The predicted molar refractivity (Wildman–Crippen MR) is 62.6 cm³/mol. The van der Waals surface area contributed by atoms with E-state index in [1.165, 1.54) is 13.3 Å². The summed E-state index contributed by atoms with van der Waals surface area (Å²) in [6.07, 6.45) is 2.97. The van der Waals surface area contributed by atoms with Crippen LogP contribution in [0.4, 0.5) is 0 Å². The molecule has 2 aromatic rings. The molecule has 0 bridgehead atoms. The normalized spacial score (nSPS) is 11.2. The van der Waals surface area contributed by atoms with Crippen LogP contribution < -0.4 is 0 Å². The summed E-state index contributed by atoms with van der Waals surface area (Å²) < 4.78 is 6.13. The Labute approximate surface area is 97.8 Å². The molecule has 17 heavy (non-hydrogen) atoms. The van der Waals surface area contributed by atoms with Crippen LogP contribution in [0, 0.1) is 6.57 Å². The highest BCUT2D eigenvalue weighted by molar-refractivity contribution is 5.94. The minimum absolute atomic E-state index is 0.0874. The van der Waals surface area contributed by atoms with Gasteiger partial charge in [-0.1, -0.05) is 12.1 Å². The van der Waals surface area contributed by atoms with Crippen LogP contribution in [-0.4, -0.2) is 22.6 Å². The maximum atomic E-state index is 11.3. The molecular formula is C12H9N3O2. The highest BCUT2D eigenvalue weighted by Crippen LogP contribution is 2.13. The summed E-state index contributed by atoms with van der Waals surface area (Å²) >= 11 is 0. The van der Waals surface area contributed by atoms with Gasteiger partial charge in [-0.2, -0.15) is 0 Å². The number of nitrogens with zero attached hydrogens (tertiary/aromatic N) is 3. The fourth-order valence-electron chi connectivity index (χ4n) is 1.44. The molecule has 1 aromatic carbocycles. The molecule has 0 saturated heterocycles. The monoisotopic (exact) mass is 227 g/mol. The largest absolute Gasteiger partial charge is 0.474 e. The van der Waals surface area contributed by atoms with Crippen molar-refractivity contribution in [1.82, 2.24) is 9.55 Å². The van der Waals surface area contributed by atoms with Gasteiger partial charge in [0.2, 0.25) is 0 Å².